The molecule has 5 heteroatoms. The molecule has 0 radical (unpaired) electrons. The number of hydrogen-bond acceptors (Lipinski definition) is 4. The number of hydrogen-bond donors (Lipinski definition) is 0. The normalized spacial score (nSPS) is 10.2. The average molecular weight is 257 g/mol. The van der Waals surface area contributed by atoms with Crippen molar-refractivity contribution in [2.24, 2.45) is 5.92 Å². The van der Waals surface area contributed by atoms with E-state index in [0.29, 0.717) is 5.75 Å². The molecule has 1 rings (SSSR count). The molecule has 0 heterocycles. The minimum atomic E-state index is -0.593. The monoisotopic (exact) mass is 256 g/mol. The SMILES string of the molecule is COc1cc(C(=O)Cl)ccc1OC(=O)C(C)C. The summed E-state index contributed by atoms with van der Waals surface area (Å²) in [5, 5.41) is -0.593. The molecule has 4 nitrogen and oxygen atoms in total. The van der Waals surface area contributed by atoms with Crippen molar-refractivity contribution in [2.75, 3.05) is 7.11 Å². The van der Waals surface area contributed by atoms with E-state index in [4.69, 9.17) is 21.1 Å². The van der Waals surface area contributed by atoms with Gasteiger partial charge >= 0.3 is 5.97 Å². The highest BCUT2D eigenvalue weighted by atomic mass is 35.5. The summed E-state index contributed by atoms with van der Waals surface area (Å²) < 4.78 is 10.1. The maximum absolute atomic E-state index is 11.4. The Kier molecular flexibility index (Phi) is 4.52. The third-order valence-corrected chi connectivity index (χ3v) is 2.29. The second kappa shape index (κ2) is 5.68. The van der Waals surface area contributed by atoms with Crippen molar-refractivity contribution in [2.45, 2.75) is 13.8 Å². The smallest absolute Gasteiger partial charge is 0.313 e. The van der Waals surface area contributed by atoms with Gasteiger partial charge in [0.2, 0.25) is 0 Å². The molecule has 0 saturated carbocycles. The van der Waals surface area contributed by atoms with Crippen molar-refractivity contribution < 1.29 is 19.1 Å². The summed E-state index contributed by atoms with van der Waals surface area (Å²) in [6.45, 7) is 3.46. The Morgan fingerprint density at radius 1 is 1.24 bits per heavy atom. The summed E-state index contributed by atoms with van der Waals surface area (Å²) in [4.78, 5) is 22.4. The first kappa shape index (κ1) is 13.5. The van der Waals surface area contributed by atoms with E-state index in [-0.39, 0.29) is 23.2 Å². The summed E-state index contributed by atoms with van der Waals surface area (Å²) in [5.41, 5.74) is 0.285. The van der Waals surface area contributed by atoms with E-state index in [0.717, 1.165) is 0 Å². The van der Waals surface area contributed by atoms with Gasteiger partial charge in [-0.05, 0) is 29.8 Å². The number of ether oxygens (including phenoxy) is 2. The van der Waals surface area contributed by atoms with Gasteiger partial charge in [0.25, 0.3) is 5.24 Å². The predicted molar refractivity (Wildman–Crippen MR) is 63.7 cm³/mol. The van der Waals surface area contributed by atoms with Gasteiger partial charge in [-0.15, -0.1) is 0 Å². The van der Waals surface area contributed by atoms with Crippen LogP contribution in [0.5, 0.6) is 11.5 Å². The van der Waals surface area contributed by atoms with Crippen LogP contribution >= 0.6 is 11.6 Å². The van der Waals surface area contributed by atoms with Crippen molar-refractivity contribution in [3.8, 4) is 11.5 Å². The highest BCUT2D eigenvalue weighted by Gasteiger charge is 2.15. The molecule has 0 aromatic heterocycles. The van der Waals surface area contributed by atoms with Crippen LogP contribution in [0.2, 0.25) is 0 Å². The maximum atomic E-state index is 11.4. The molecule has 0 bridgehead atoms. The van der Waals surface area contributed by atoms with Crippen LogP contribution in [0.15, 0.2) is 18.2 Å². The lowest BCUT2D eigenvalue weighted by molar-refractivity contribution is -0.137. The van der Waals surface area contributed by atoms with E-state index in [2.05, 4.69) is 0 Å². The van der Waals surface area contributed by atoms with E-state index >= 15 is 0 Å². The molecule has 1 aromatic carbocycles. The lowest BCUT2D eigenvalue weighted by Crippen LogP contribution is -2.15. The van der Waals surface area contributed by atoms with Crippen molar-refractivity contribution >= 4 is 22.8 Å². The van der Waals surface area contributed by atoms with Crippen LogP contribution < -0.4 is 9.47 Å². The Balaban J connectivity index is 3.01. The van der Waals surface area contributed by atoms with Crippen LogP contribution in [0.25, 0.3) is 0 Å². The maximum Gasteiger partial charge on any atom is 0.313 e. The Morgan fingerprint density at radius 2 is 1.88 bits per heavy atom. The number of halogens is 1. The average Bonchev–Trinajstić information content (AvgIpc) is 2.28. The van der Waals surface area contributed by atoms with Crippen molar-refractivity contribution in [1.82, 2.24) is 0 Å². The van der Waals surface area contributed by atoms with Gasteiger partial charge < -0.3 is 9.47 Å². The first-order chi connectivity index (χ1) is 7.95. The van der Waals surface area contributed by atoms with Gasteiger partial charge in [0.1, 0.15) is 0 Å². The van der Waals surface area contributed by atoms with E-state index in [1.165, 1.54) is 25.3 Å². The van der Waals surface area contributed by atoms with E-state index < -0.39 is 5.24 Å². The Bertz CT molecular complexity index is 440. The van der Waals surface area contributed by atoms with Crippen LogP contribution in [-0.2, 0) is 4.79 Å². The molecule has 0 unspecified atom stereocenters. The minimum Gasteiger partial charge on any atom is -0.493 e. The highest BCUT2D eigenvalue weighted by Crippen LogP contribution is 2.29. The largest absolute Gasteiger partial charge is 0.493 e. The topological polar surface area (TPSA) is 52.6 Å². The summed E-state index contributed by atoms with van der Waals surface area (Å²) >= 11 is 5.34. The second-order valence-electron chi connectivity index (χ2n) is 3.72. The third-order valence-electron chi connectivity index (χ3n) is 2.07. The predicted octanol–water partition coefficient (Wildman–Crippen LogP) is 2.64. The number of esters is 1. The molecule has 0 spiro atoms. The number of carbonyl (C=O) groups excluding carboxylic acids is 2. The lowest BCUT2D eigenvalue weighted by Gasteiger charge is -2.11. The second-order valence-corrected chi connectivity index (χ2v) is 4.06. The Morgan fingerprint density at radius 3 is 2.35 bits per heavy atom. The zero-order valence-corrected chi connectivity index (χ0v) is 10.6. The van der Waals surface area contributed by atoms with Gasteiger partial charge in [0.15, 0.2) is 11.5 Å². The zero-order valence-electron chi connectivity index (χ0n) is 9.82. The fraction of sp³-hybridized carbons (Fsp3) is 0.333. The van der Waals surface area contributed by atoms with Crippen LogP contribution in [-0.4, -0.2) is 18.3 Å². The molecule has 0 aliphatic rings. The standard InChI is InChI=1S/C12H13ClO4/c1-7(2)12(15)17-9-5-4-8(11(13)14)6-10(9)16-3/h4-7H,1-3H3. The van der Waals surface area contributed by atoms with Gasteiger partial charge in [0.05, 0.1) is 13.0 Å². The van der Waals surface area contributed by atoms with Gasteiger partial charge in [0, 0.05) is 5.56 Å². The highest BCUT2D eigenvalue weighted by molar-refractivity contribution is 6.67. The molecule has 0 atom stereocenters. The fourth-order valence-corrected chi connectivity index (χ4v) is 1.22. The molecule has 92 valence electrons. The first-order valence-corrected chi connectivity index (χ1v) is 5.43. The lowest BCUT2D eigenvalue weighted by atomic mass is 10.2. The molecule has 0 aliphatic carbocycles. The molecule has 17 heavy (non-hydrogen) atoms. The molecular weight excluding hydrogens is 244 g/mol. The molecule has 0 amide bonds. The van der Waals surface area contributed by atoms with Crippen LogP contribution in [0.4, 0.5) is 0 Å². The first-order valence-electron chi connectivity index (χ1n) is 5.05. The van der Waals surface area contributed by atoms with Gasteiger partial charge in [-0.2, -0.15) is 0 Å². The Hall–Kier alpha value is -1.55. The minimum absolute atomic E-state index is 0.242. The summed E-state index contributed by atoms with van der Waals surface area (Å²) in [6.07, 6.45) is 0. The molecule has 0 saturated heterocycles. The van der Waals surface area contributed by atoms with Crippen LogP contribution in [0, 0.1) is 5.92 Å². The Labute approximate surface area is 104 Å². The zero-order chi connectivity index (χ0) is 13.0. The molecule has 0 aliphatic heterocycles. The summed E-state index contributed by atoms with van der Waals surface area (Å²) in [5.74, 6) is -0.0411. The van der Waals surface area contributed by atoms with Gasteiger partial charge in [-0.1, -0.05) is 13.8 Å². The van der Waals surface area contributed by atoms with Crippen molar-refractivity contribution in [3.05, 3.63) is 23.8 Å². The molecule has 1 aromatic rings. The van der Waals surface area contributed by atoms with Crippen LogP contribution in [0.1, 0.15) is 24.2 Å². The third kappa shape index (κ3) is 3.46. The van der Waals surface area contributed by atoms with Gasteiger partial charge in [-0.3, -0.25) is 9.59 Å². The summed E-state index contributed by atoms with van der Waals surface area (Å²) in [7, 11) is 1.42. The molecule has 0 N–H and O–H groups in total. The van der Waals surface area contributed by atoms with E-state index in [9.17, 15) is 9.59 Å². The quantitative estimate of drug-likeness (QED) is 0.472. The number of methoxy groups -OCH3 is 1. The fourth-order valence-electron chi connectivity index (χ4n) is 1.10. The summed E-state index contributed by atoms with van der Waals surface area (Å²) in [6, 6.07) is 4.38. The number of carbonyl (C=O) groups is 2. The van der Waals surface area contributed by atoms with E-state index in [1.54, 1.807) is 13.8 Å². The van der Waals surface area contributed by atoms with Gasteiger partial charge in [-0.25, -0.2) is 0 Å². The van der Waals surface area contributed by atoms with Crippen molar-refractivity contribution in [3.63, 3.8) is 0 Å². The van der Waals surface area contributed by atoms with Crippen molar-refractivity contribution in [1.29, 1.82) is 0 Å². The molecular formula is C12H13ClO4. The molecule has 0 fully saturated rings. The number of rotatable bonds is 4. The van der Waals surface area contributed by atoms with E-state index in [1.807, 2.05) is 0 Å². The number of benzene rings is 1. The van der Waals surface area contributed by atoms with Crippen LogP contribution in [0.3, 0.4) is 0 Å².